The summed E-state index contributed by atoms with van der Waals surface area (Å²) in [6.45, 7) is 0. The van der Waals surface area contributed by atoms with Gasteiger partial charge in [-0.25, -0.2) is 10.4 Å². The number of aromatic nitrogens is 3. The standard InChI is InChI=1S/C14H10N6O4S/c21-13(11-2-1-5-24-11)18-16-7-9-3-4-12(10(6-9)20(22)23)25-14-15-8-17-19-14/h1-8H,(H,18,21)(H,15,17,19)/b16-7+. The first-order chi connectivity index (χ1) is 12.1. The van der Waals surface area contributed by atoms with Crippen LogP contribution in [0.4, 0.5) is 5.69 Å². The molecule has 0 bridgehead atoms. The zero-order chi connectivity index (χ0) is 17.6. The van der Waals surface area contributed by atoms with Crippen LogP contribution in [0.5, 0.6) is 0 Å². The topological polar surface area (TPSA) is 139 Å². The molecule has 11 heteroatoms. The zero-order valence-corrected chi connectivity index (χ0v) is 13.3. The van der Waals surface area contributed by atoms with Gasteiger partial charge in [-0.15, -0.1) is 0 Å². The normalized spacial score (nSPS) is 10.9. The number of nitrogens with zero attached hydrogens (tertiary/aromatic N) is 4. The van der Waals surface area contributed by atoms with E-state index in [2.05, 4.69) is 25.7 Å². The van der Waals surface area contributed by atoms with Gasteiger partial charge in [-0.1, -0.05) is 6.07 Å². The van der Waals surface area contributed by atoms with Gasteiger partial charge in [0, 0.05) is 11.6 Å². The first-order valence-electron chi connectivity index (χ1n) is 6.82. The van der Waals surface area contributed by atoms with Crippen molar-refractivity contribution in [2.24, 2.45) is 5.10 Å². The summed E-state index contributed by atoms with van der Waals surface area (Å²) in [5, 5.41) is 21.8. The Bertz CT molecular complexity index is 908. The van der Waals surface area contributed by atoms with E-state index in [1.165, 1.54) is 30.9 Å². The molecule has 0 saturated carbocycles. The quantitative estimate of drug-likeness (QED) is 0.391. The van der Waals surface area contributed by atoms with E-state index in [-0.39, 0.29) is 11.4 Å². The van der Waals surface area contributed by atoms with Crippen LogP contribution in [0.3, 0.4) is 0 Å². The zero-order valence-electron chi connectivity index (χ0n) is 12.4. The Morgan fingerprint density at radius 1 is 1.44 bits per heavy atom. The summed E-state index contributed by atoms with van der Waals surface area (Å²) in [5.41, 5.74) is 2.62. The van der Waals surface area contributed by atoms with E-state index in [1.54, 1.807) is 18.2 Å². The number of nitro groups is 1. The Morgan fingerprint density at radius 3 is 3.00 bits per heavy atom. The number of aromatic amines is 1. The Labute approximate surface area is 144 Å². The van der Waals surface area contributed by atoms with Crippen LogP contribution in [0.1, 0.15) is 16.1 Å². The number of H-pyrrole nitrogens is 1. The summed E-state index contributed by atoms with van der Waals surface area (Å²) in [6.07, 6.45) is 3.99. The van der Waals surface area contributed by atoms with Crippen molar-refractivity contribution in [1.82, 2.24) is 20.6 Å². The number of carbonyl (C=O) groups excluding carboxylic acids is 1. The molecule has 3 aromatic rings. The van der Waals surface area contributed by atoms with Crippen molar-refractivity contribution in [2.45, 2.75) is 10.1 Å². The molecule has 25 heavy (non-hydrogen) atoms. The molecule has 2 heterocycles. The molecule has 1 aromatic carbocycles. The first-order valence-corrected chi connectivity index (χ1v) is 7.63. The molecular weight excluding hydrogens is 348 g/mol. The largest absolute Gasteiger partial charge is 0.459 e. The van der Waals surface area contributed by atoms with Crippen LogP contribution in [0.2, 0.25) is 0 Å². The fourth-order valence-electron chi connectivity index (χ4n) is 1.82. The molecule has 10 nitrogen and oxygen atoms in total. The summed E-state index contributed by atoms with van der Waals surface area (Å²) < 4.78 is 4.92. The highest BCUT2D eigenvalue weighted by molar-refractivity contribution is 7.99. The number of amides is 1. The fraction of sp³-hybridized carbons (Fsp3) is 0. The van der Waals surface area contributed by atoms with Crippen LogP contribution in [0, 0.1) is 10.1 Å². The predicted octanol–water partition coefficient (Wildman–Crippen LogP) is 2.22. The van der Waals surface area contributed by atoms with Gasteiger partial charge in [0.05, 0.1) is 22.3 Å². The summed E-state index contributed by atoms with van der Waals surface area (Å²) in [4.78, 5) is 26.7. The number of carbonyl (C=O) groups is 1. The lowest BCUT2D eigenvalue weighted by atomic mass is 10.2. The number of hydrogen-bond acceptors (Lipinski definition) is 8. The van der Waals surface area contributed by atoms with Gasteiger partial charge in [0.2, 0.25) is 0 Å². The third kappa shape index (κ3) is 4.09. The molecule has 0 radical (unpaired) electrons. The number of benzene rings is 1. The summed E-state index contributed by atoms with van der Waals surface area (Å²) in [6, 6.07) is 7.62. The van der Waals surface area contributed by atoms with Gasteiger partial charge >= 0.3 is 5.91 Å². The minimum Gasteiger partial charge on any atom is -0.459 e. The van der Waals surface area contributed by atoms with Crippen molar-refractivity contribution in [3.63, 3.8) is 0 Å². The summed E-state index contributed by atoms with van der Waals surface area (Å²) >= 11 is 1.09. The lowest BCUT2D eigenvalue weighted by Crippen LogP contribution is -2.16. The maximum absolute atomic E-state index is 11.7. The van der Waals surface area contributed by atoms with Gasteiger partial charge in [0.15, 0.2) is 10.9 Å². The van der Waals surface area contributed by atoms with E-state index in [1.807, 2.05) is 0 Å². The van der Waals surface area contributed by atoms with Crippen molar-refractivity contribution in [3.05, 3.63) is 64.4 Å². The summed E-state index contributed by atoms with van der Waals surface area (Å²) in [7, 11) is 0. The van der Waals surface area contributed by atoms with Crippen LogP contribution < -0.4 is 5.43 Å². The van der Waals surface area contributed by atoms with E-state index in [0.717, 1.165) is 11.8 Å². The molecule has 2 aromatic heterocycles. The smallest absolute Gasteiger partial charge is 0.307 e. The van der Waals surface area contributed by atoms with Crippen LogP contribution in [-0.2, 0) is 0 Å². The first kappa shape index (κ1) is 16.4. The molecule has 0 saturated heterocycles. The molecular formula is C14H10N6O4S. The number of hydrazone groups is 1. The van der Waals surface area contributed by atoms with E-state index >= 15 is 0 Å². The van der Waals surface area contributed by atoms with E-state index in [9.17, 15) is 14.9 Å². The number of hydrogen-bond donors (Lipinski definition) is 2. The Hall–Kier alpha value is -3.47. The molecule has 0 aliphatic carbocycles. The molecule has 0 fully saturated rings. The van der Waals surface area contributed by atoms with Crippen LogP contribution in [0.15, 0.2) is 62.5 Å². The van der Waals surface area contributed by atoms with Crippen molar-refractivity contribution >= 4 is 29.6 Å². The van der Waals surface area contributed by atoms with Crippen LogP contribution >= 0.6 is 11.8 Å². The van der Waals surface area contributed by atoms with E-state index in [4.69, 9.17) is 4.42 Å². The molecule has 1 amide bonds. The lowest BCUT2D eigenvalue weighted by molar-refractivity contribution is -0.387. The average molecular weight is 358 g/mol. The predicted molar refractivity (Wildman–Crippen MR) is 87.4 cm³/mol. The summed E-state index contributed by atoms with van der Waals surface area (Å²) in [5.74, 6) is -0.407. The number of furan rings is 1. The Morgan fingerprint density at radius 2 is 2.32 bits per heavy atom. The van der Waals surface area contributed by atoms with Gasteiger partial charge < -0.3 is 4.42 Å². The number of nitrogens with one attached hydrogen (secondary N) is 2. The molecule has 126 valence electrons. The Balaban J connectivity index is 1.73. The fourth-order valence-corrected chi connectivity index (χ4v) is 2.60. The van der Waals surface area contributed by atoms with E-state index in [0.29, 0.717) is 15.6 Å². The molecule has 0 spiro atoms. The molecule has 2 N–H and O–H groups in total. The molecule has 0 aliphatic rings. The SMILES string of the molecule is O=C(N/N=C/c1ccc(Sc2ncn[nH]2)c([N+](=O)[O-])c1)c1ccco1. The second-order valence-electron chi connectivity index (χ2n) is 4.55. The van der Waals surface area contributed by atoms with Gasteiger partial charge in [0.1, 0.15) is 6.33 Å². The van der Waals surface area contributed by atoms with Gasteiger partial charge in [-0.05, 0) is 30.0 Å². The third-order valence-electron chi connectivity index (χ3n) is 2.90. The minimum atomic E-state index is -0.520. The highest BCUT2D eigenvalue weighted by Gasteiger charge is 2.16. The van der Waals surface area contributed by atoms with Gasteiger partial charge in [-0.2, -0.15) is 10.2 Å². The highest BCUT2D eigenvalue weighted by atomic mass is 32.2. The number of rotatable bonds is 6. The third-order valence-corrected chi connectivity index (χ3v) is 3.86. The Kier molecular flexibility index (Phi) is 4.85. The monoisotopic (exact) mass is 358 g/mol. The highest BCUT2D eigenvalue weighted by Crippen LogP contribution is 2.33. The maximum atomic E-state index is 11.7. The lowest BCUT2D eigenvalue weighted by Gasteiger charge is -2.02. The van der Waals surface area contributed by atoms with Crippen molar-refractivity contribution in [1.29, 1.82) is 0 Å². The second kappa shape index (κ2) is 7.40. The molecule has 0 unspecified atom stereocenters. The molecule has 0 atom stereocenters. The average Bonchev–Trinajstić information content (AvgIpc) is 3.29. The molecule has 3 rings (SSSR count). The molecule has 0 aliphatic heterocycles. The van der Waals surface area contributed by atoms with Crippen molar-refractivity contribution in [3.8, 4) is 0 Å². The van der Waals surface area contributed by atoms with Gasteiger partial charge in [-0.3, -0.25) is 20.0 Å². The van der Waals surface area contributed by atoms with Crippen LogP contribution in [-0.4, -0.2) is 32.2 Å². The van der Waals surface area contributed by atoms with Crippen molar-refractivity contribution < 1.29 is 14.1 Å². The van der Waals surface area contributed by atoms with Gasteiger partial charge in [0.25, 0.3) is 5.69 Å². The van der Waals surface area contributed by atoms with E-state index < -0.39 is 10.8 Å². The van der Waals surface area contributed by atoms with Crippen molar-refractivity contribution in [2.75, 3.05) is 0 Å². The second-order valence-corrected chi connectivity index (χ2v) is 5.58. The minimum absolute atomic E-state index is 0.109. The number of nitro benzene ring substituents is 1. The maximum Gasteiger partial charge on any atom is 0.307 e. The van der Waals surface area contributed by atoms with Crippen LogP contribution in [0.25, 0.3) is 0 Å².